The van der Waals surface area contributed by atoms with Gasteiger partial charge in [-0.15, -0.1) is 0 Å². The van der Waals surface area contributed by atoms with Gasteiger partial charge in [-0.1, -0.05) is 23.7 Å². The molecular weight excluding hydrogens is 236 g/mol. The van der Waals surface area contributed by atoms with Crippen molar-refractivity contribution < 1.29 is 4.74 Å². The Labute approximate surface area is 109 Å². The van der Waals surface area contributed by atoms with Crippen molar-refractivity contribution in [3.05, 3.63) is 34.9 Å². The molecule has 0 atom stereocenters. The van der Waals surface area contributed by atoms with E-state index in [-0.39, 0.29) is 0 Å². The zero-order valence-corrected chi connectivity index (χ0v) is 11.3. The second-order valence-electron chi connectivity index (χ2n) is 4.11. The topological polar surface area (TPSA) is 24.5 Å². The highest BCUT2D eigenvalue weighted by Crippen LogP contribution is 2.10. The fourth-order valence-corrected chi connectivity index (χ4v) is 1.68. The summed E-state index contributed by atoms with van der Waals surface area (Å²) < 4.78 is 4.97. The number of hydrogen-bond donors (Lipinski definition) is 1. The monoisotopic (exact) mass is 256 g/mol. The summed E-state index contributed by atoms with van der Waals surface area (Å²) in [6, 6.07) is 8.00. The summed E-state index contributed by atoms with van der Waals surface area (Å²) >= 11 is 5.84. The SMILES string of the molecule is COCCNCCN(C)Cc1ccc(Cl)cc1. The van der Waals surface area contributed by atoms with Crippen molar-refractivity contribution in [3.8, 4) is 0 Å². The third-order valence-corrected chi connectivity index (χ3v) is 2.77. The lowest BCUT2D eigenvalue weighted by Crippen LogP contribution is -2.30. The molecule has 4 heteroatoms. The lowest BCUT2D eigenvalue weighted by molar-refractivity contribution is 0.197. The molecule has 0 unspecified atom stereocenters. The summed E-state index contributed by atoms with van der Waals surface area (Å²) in [5, 5.41) is 4.11. The Morgan fingerprint density at radius 3 is 2.59 bits per heavy atom. The van der Waals surface area contributed by atoms with Gasteiger partial charge in [0.15, 0.2) is 0 Å². The molecule has 3 nitrogen and oxygen atoms in total. The highest BCUT2D eigenvalue weighted by Gasteiger charge is 1.99. The van der Waals surface area contributed by atoms with Crippen molar-refractivity contribution in [2.75, 3.05) is 40.4 Å². The molecule has 1 aromatic rings. The van der Waals surface area contributed by atoms with Crippen LogP contribution < -0.4 is 5.32 Å². The van der Waals surface area contributed by atoms with E-state index in [1.165, 1.54) is 5.56 Å². The van der Waals surface area contributed by atoms with Crippen LogP contribution in [0.5, 0.6) is 0 Å². The van der Waals surface area contributed by atoms with Crippen LogP contribution >= 0.6 is 11.6 Å². The Bertz CT molecular complexity index is 303. The molecular formula is C13H21ClN2O. The molecule has 0 aromatic heterocycles. The first-order valence-corrected chi connectivity index (χ1v) is 6.23. The van der Waals surface area contributed by atoms with Crippen molar-refractivity contribution in [2.24, 2.45) is 0 Å². The van der Waals surface area contributed by atoms with Gasteiger partial charge >= 0.3 is 0 Å². The predicted octanol–water partition coefficient (Wildman–Crippen LogP) is 2.01. The number of nitrogens with one attached hydrogen (secondary N) is 1. The average Bonchev–Trinajstić information content (AvgIpc) is 2.32. The molecule has 0 bridgehead atoms. The van der Waals surface area contributed by atoms with Gasteiger partial charge in [0.2, 0.25) is 0 Å². The van der Waals surface area contributed by atoms with Gasteiger partial charge in [-0.2, -0.15) is 0 Å². The van der Waals surface area contributed by atoms with E-state index < -0.39 is 0 Å². The maximum atomic E-state index is 5.84. The number of hydrogen-bond acceptors (Lipinski definition) is 3. The van der Waals surface area contributed by atoms with E-state index in [9.17, 15) is 0 Å². The highest BCUT2D eigenvalue weighted by atomic mass is 35.5. The van der Waals surface area contributed by atoms with E-state index in [1.54, 1.807) is 7.11 Å². The first-order chi connectivity index (χ1) is 8.22. The maximum Gasteiger partial charge on any atom is 0.0587 e. The van der Waals surface area contributed by atoms with Gasteiger partial charge in [0.25, 0.3) is 0 Å². The van der Waals surface area contributed by atoms with Crippen LogP contribution in [0.4, 0.5) is 0 Å². The molecule has 0 saturated heterocycles. The van der Waals surface area contributed by atoms with Gasteiger partial charge in [-0.05, 0) is 24.7 Å². The van der Waals surface area contributed by atoms with Gasteiger partial charge in [-0.25, -0.2) is 0 Å². The van der Waals surface area contributed by atoms with Crippen LogP contribution in [-0.2, 0) is 11.3 Å². The minimum absolute atomic E-state index is 0.765. The van der Waals surface area contributed by atoms with E-state index >= 15 is 0 Å². The van der Waals surface area contributed by atoms with Gasteiger partial charge < -0.3 is 15.0 Å². The molecule has 0 amide bonds. The van der Waals surface area contributed by atoms with Crippen LogP contribution in [0.2, 0.25) is 5.02 Å². The van der Waals surface area contributed by atoms with Crippen LogP contribution in [0.15, 0.2) is 24.3 Å². The second-order valence-corrected chi connectivity index (χ2v) is 4.54. The molecule has 0 fully saturated rings. The smallest absolute Gasteiger partial charge is 0.0587 e. The van der Waals surface area contributed by atoms with E-state index in [4.69, 9.17) is 16.3 Å². The molecule has 0 heterocycles. The zero-order valence-electron chi connectivity index (χ0n) is 10.6. The highest BCUT2D eigenvalue weighted by molar-refractivity contribution is 6.30. The van der Waals surface area contributed by atoms with Crippen LogP contribution in [0.3, 0.4) is 0 Å². The Morgan fingerprint density at radius 1 is 1.24 bits per heavy atom. The summed E-state index contributed by atoms with van der Waals surface area (Å²) in [5.74, 6) is 0. The van der Waals surface area contributed by atoms with Crippen LogP contribution in [-0.4, -0.2) is 45.3 Å². The third-order valence-electron chi connectivity index (χ3n) is 2.52. The molecule has 0 saturated carbocycles. The predicted molar refractivity (Wildman–Crippen MR) is 72.5 cm³/mol. The Kier molecular flexibility index (Phi) is 7.21. The van der Waals surface area contributed by atoms with Gasteiger partial charge in [0, 0.05) is 38.3 Å². The number of methoxy groups -OCH3 is 1. The first-order valence-electron chi connectivity index (χ1n) is 5.85. The fraction of sp³-hybridized carbons (Fsp3) is 0.538. The lowest BCUT2D eigenvalue weighted by Gasteiger charge is -2.17. The summed E-state index contributed by atoms with van der Waals surface area (Å²) in [4.78, 5) is 2.28. The normalized spacial score (nSPS) is 11.1. The zero-order chi connectivity index (χ0) is 12.5. The van der Waals surface area contributed by atoms with Crippen molar-refractivity contribution in [3.63, 3.8) is 0 Å². The fourth-order valence-electron chi connectivity index (χ4n) is 1.55. The average molecular weight is 257 g/mol. The summed E-state index contributed by atoms with van der Waals surface area (Å²) in [7, 11) is 3.83. The van der Waals surface area contributed by atoms with E-state index in [0.717, 1.165) is 37.8 Å². The number of benzene rings is 1. The molecule has 0 aliphatic rings. The molecule has 0 spiro atoms. The standard InChI is InChI=1S/C13H21ClN2O/c1-16(9-7-15-8-10-17-2)11-12-3-5-13(14)6-4-12/h3-6,15H,7-11H2,1-2H3. The summed E-state index contributed by atoms with van der Waals surface area (Å²) in [5.41, 5.74) is 1.29. The molecule has 0 aliphatic heterocycles. The molecule has 1 aromatic carbocycles. The number of halogens is 1. The Hall–Kier alpha value is -0.610. The minimum atomic E-state index is 0.765. The number of likely N-dealkylation sites (N-methyl/N-ethyl adjacent to an activating group) is 1. The van der Waals surface area contributed by atoms with Gasteiger partial charge in [0.1, 0.15) is 0 Å². The van der Waals surface area contributed by atoms with Gasteiger partial charge in [-0.3, -0.25) is 0 Å². The number of rotatable bonds is 8. The third kappa shape index (κ3) is 6.64. The van der Waals surface area contributed by atoms with Crippen LogP contribution in [0.1, 0.15) is 5.56 Å². The van der Waals surface area contributed by atoms with E-state index in [2.05, 4.69) is 29.4 Å². The molecule has 1 rings (SSSR count). The first kappa shape index (κ1) is 14.5. The molecule has 96 valence electrons. The Morgan fingerprint density at radius 2 is 1.94 bits per heavy atom. The minimum Gasteiger partial charge on any atom is -0.383 e. The molecule has 0 aliphatic carbocycles. The summed E-state index contributed by atoms with van der Waals surface area (Å²) in [6.45, 7) is 4.62. The lowest BCUT2D eigenvalue weighted by atomic mass is 10.2. The quantitative estimate of drug-likeness (QED) is 0.720. The maximum absolute atomic E-state index is 5.84. The largest absolute Gasteiger partial charge is 0.383 e. The van der Waals surface area contributed by atoms with E-state index in [1.807, 2.05) is 12.1 Å². The van der Waals surface area contributed by atoms with Crippen molar-refractivity contribution in [1.82, 2.24) is 10.2 Å². The number of nitrogens with zero attached hydrogens (tertiary/aromatic N) is 1. The van der Waals surface area contributed by atoms with Crippen LogP contribution in [0.25, 0.3) is 0 Å². The van der Waals surface area contributed by atoms with E-state index in [0.29, 0.717) is 0 Å². The van der Waals surface area contributed by atoms with Crippen molar-refractivity contribution in [2.45, 2.75) is 6.54 Å². The Balaban J connectivity index is 2.16. The number of ether oxygens (including phenoxy) is 1. The van der Waals surface area contributed by atoms with Gasteiger partial charge in [0.05, 0.1) is 6.61 Å². The molecule has 1 N–H and O–H groups in total. The van der Waals surface area contributed by atoms with Crippen LogP contribution in [0, 0.1) is 0 Å². The summed E-state index contributed by atoms with van der Waals surface area (Å²) in [6.07, 6.45) is 0. The molecule has 0 radical (unpaired) electrons. The second kappa shape index (κ2) is 8.48. The van der Waals surface area contributed by atoms with Crippen molar-refractivity contribution >= 4 is 11.6 Å². The van der Waals surface area contributed by atoms with Crippen molar-refractivity contribution in [1.29, 1.82) is 0 Å². The molecule has 17 heavy (non-hydrogen) atoms.